The predicted octanol–water partition coefficient (Wildman–Crippen LogP) is 7.11. The molecule has 0 aromatic heterocycles. The number of carbonyl (C=O) groups is 2. The normalized spacial score (nSPS) is 11.5. The molecule has 0 atom stereocenters. The second-order valence-electron chi connectivity index (χ2n) is 8.98. The molecule has 2 aromatic rings. The molecule has 4 nitrogen and oxygen atoms in total. The smallest absolute Gasteiger partial charge is 0.241 e. The van der Waals surface area contributed by atoms with Crippen LogP contribution in [0.1, 0.15) is 122 Å². The lowest BCUT2D eigenvalue weighted by molar-refractivity contribution is -0.187. The number of benzene rings is 2. The molecule has 0 aliphatic heterocycles. The van der Waals surface area contributed by atoms with Crippen molar-refractivity contribution in [1.82, 2.24) is 0 Å². The zero-order valence-corrected chi connectivity index (χ0v) is 19.4. The lowest BCUT2D eigenvalue weighted by Crippen LogP contribution is -2.18. The zero-order valence-electron chi connectivity index (χ0n) is 19.4. The van der Waals surface area contributed by atoms with Crippen molar-refractivity contribution in [3.8, 4) is 0 Å². The summed E-state index contributed by atoms with van der Waals surface area (Å²) >= 11 is 0. The molecule has 0 fully saturated rings. The maximum Gasteiger partial charge on any atom is 0.386 e. The fourth-order valence-electron chi connectivity index (χ4n) is 3.73. The van der Waals surface area contributed by atoms with Crippen LogP contribution in [0.2, 0.25) is 0 Å². The van der Waals surface area contributed by atoms with E-state index in [1.165, 1.54) is 0 Å². The van der Waals surface area contributed by atoms with Gasteiger partial charge in [0.2, 0.25) is 0 Å². The number of rotatable bonds is 6. The summed E-state index contributed by atoms with van der Waals surface area (Å²) in [5.41, 5.74) is 4.49. The molecule has 4 heteroatoms. The average Bonchev–Trinajstić information content (AvgIpc) is 2.70. The SMILES string of the molecule is CC(C)c1cccc(C(C)C)c1C(=O)OOC(=O)c1c(C(C)C)cccc1C(C)C. The molecule has 0 amide bonds. The van der Waals surface area contributed by atoms with Crippen molar-refractivity contribution < 1.29 is 19.4 Å². The Balaban J connectivity index is 2.36. The van der Waals surface area contributed by atoms with Crippen LogP contribution in [0.3, 0.4) is 0 Å². The molecule has 0 heterocycles. The Labute approximate surface area is 180 Å². The van der Waals surface area contributed by atoms with E-state index in [-0.39, 0.29) is 23.7 Å². The van der Waals surface area contributed by atoms with Gasteiger partial charge in [0.15, 0.2) is 0 Å². The molecule has 0 spiro atoms. The molecule has 2 rings (SSSR count). The maximum atomic E-state index is 13.0. The molecular weight excluding hydrogens is 376 g/mol. The number of hydrogen-bond donors (Lipinski definition) is 0. The molecule has 0 saturated heterocycles. The first kappa shape index (κ1) is 23.7. The average molecular weight is 411 g/mol. The molecule has 0 unspecified atom stereocenters. The van der Waals surface area contributed by atoms with Gasteiger partial charge in [-0.25, -0.2) is 19.4 Å². The highest BCUT2D eigenvalue weighted by molar-refractivity contribution is 5.96. The van der Waals surface area contributed by atoms with Crippen molar-refractivity contribution in [1.29, 1.82) is 0 Å². The highest BCUT2D eigenvalue weighted by Crippen LogP contribution is 2.30. The molecule has 0 radical (unpaired) electrons. The first-order valence-electron chi connectivity index (χ1n) is 10.7. The first-order chi connectivity index (χ1) is 14.1. The summed E-state index contributed by atoms with van der Waals surface area (Å²) in [5, 5.41) is 0. The van der Waals surface area contributed by atoms with Gasteiger partial charge >= 0.3 is 11.9 Å². The number of hydrogen-bond acceptors (Lipinski definition) is 4. The van der Waals surface area contributed by atoms with E-state index in [9.17, 15) is 9.59 Å². The minimum Gasteiger partial charge on any atom is -0.241 e. The van der Waals surface area contributed by atoms with Crippen LogP contribution >= 0.6 is 0 Å². The predicted molar refractivity (Wildman–Crippen MR) is 120 cm³/mol. The minimum absolute atomic E-state index is 0.135. The number of carbonyl (C=O) groups excluding carboxylic acids is 2. The lowest BCUT2D eigenvalue weighted by atomic mass is 9.89. The van der Waals surface area contributed by atoms with E-state index < -0.39 is 11.9 Å². The minimum atomic E-state index is -0.635. The van der Waals surface area contributed by atoms with Gasteiger partial charge in [-0.2, -0.15) is 0 Å². The van der Waals surface area contributed by atoms with Crippen LogP contribution in [0.5, 0.6) is 0 Å². The van der Waals surface area contributed by atoms with E-state index in [2.05, 4.69) is 0 Å². The second kappa shape index (κ2) is 9.92. The molecule has 0 N–H and O–H groups in total. The van der Waals surface area contributed by atoms with Crippen molar-refractivity contribution in [3.05, 3.63) is 69.8 Å². The molecule has 0 bridgehead atoms. The summed E-state index contributed by atoms with van der Waals surface area (Å²) in [5.74, 6) is -0.728. The summed E-state index contributed by atoms with van der Waals surface area (Å²) in [6.45, 7) is 16.2. The quantitative estimate of drug-likeness (QED) is 0.376. The highest BCUT2D eigenvalue weighted by atomic mass is 17.2. The molecule has 2 aromatic carbocycles. The van der Waals surface area contributed by atoms with E-state index in [1.807, 2.05) is 91.8 Å². The molecule has 0 aliphatic rings. The van der Waals surface area contributed by atoms with Gasteiger partial charge in [-0.1, -0.05) is 91.8 Å². The Bertz CT molecular complexity index is 779. The summed E-state index contributed by atoms with van der Waals surface area (Å²) in [6.07, 6.45) is 0. The standard InChI is InChI=1S/C26H34O4/c1-15(2)19-11-9-12-20(16(3)4)23(19)25(27)29-30-26(28)24-21(17(5)6)13-10-14-22(24)18(7)8/h9-18H,1-8H3. The van der Waals surface area contributed by atoms with Crippen LogP contribution in [0.4, 0.5) is 0 Å². The van der Waals surface area contributed by atoms with Crippen molar-refractivity contribution in [2.24, 2.45) is 0 Å². The fraction of sp³-hybridized carbons (Fsp3) is 0.462. The van der Waals surface area contributed by atoms with Crippen molar-refractivity contribution in [3.63, 3.8) is 0 Å². The van der Waals surface area contributed by atoms with Crippen LogP contribution in [0.25, 0.3) is 0 Å². The van der Waals surface area contributed by atoms with Crippen LogP contribution < -0.4 is 0 Å². The van der Waals surface area contributed by atoms with E-state index in [4.69, 9.17) is 9.78 Å². The highest BCUT2D eigenvalue weighted by Gasteiger charge is 2.26. The van der Waals surface area contributed by atoms with Gasteiger partial charge in [0.05, 0.1) is 11.1 Å². The Kier molecular flexibility index (Phi) is 7.83. The van der Waals surface area contributed by atoms with E-state index in [0.29, 0.717) is 11.1 Å². The largest absolute Gasteiger partial charge is 0.386 e. The van der Waals surface area contributed by atoms with Crippen molar-refractivity contribution >= 4 is 11.9 Å². The zero-order chi connectivity index (χ0) is 22.6. The van der Waals surface area contributed by atoms with Crippen LogP contribution in [-0.2, 0) is 9.78 Å². The molecule has 30 heavy (non-hydrogen) atoms. The Hall–Kier alpha value is -2.62. The topological polar surface area (TPSA) is 52.6 Å². The van der Waals surface area contributed by atoms with E-state index in [1.54, 1.807) is 0 Å². The molecule has 162 valence electrons. The summed E-state index contributed by atoms with van der Waals surface area (Å²) in [6, 6.07) is 11.6. The lowest BCUT2D eigenvalue weighted by Gasteiger charge is -2.19. The Morgan fingerprint density at radius 3 is 0.967 bits per heavy atom. The third-order valence-corrected chi connectivity index (χ3v) is 5.35. The van der Waals surface area contributed by atoms with Crippen molar-refractivity contribution in [2.75, 3.05) is 0 Å². The maximum absolute atomic E-state index is 13.0. The van der Waals surface area contributed by atoms with Crippen LogP contribution in [0.15, 0.2) is 36.4 Å². The first-order valence-corrected chi connectivity index (χ1v) is 10.7. The van der Waals surface area contributed by atoms with Gasteiger partial charge in [0, 0.05) is 0 Å². The van der Waals surface area contributed by atoms with E-state index in [0.717, 1.165) is 22.3 Å². The molecule has 0 saturated carbocycles. The van der Waals surface area contributed by atoms with Gasteiger partial charge in [-0.15, -0.1) is 0 Å². The van der Waals surface area contributed by atoms with Crippen LogP contribution in [-0.4, -0.2) is 11.9 Å². The van der Waals surface area contributed by atoms with Gasteiger partial charge in [-0.05, 0) is 45.9 Å². The Morgan fingerprint density at radius 2 is 0.767 bits per heavy atom. The molecular formula is C26H34O4. The van der Waals surface area contributed by atoms with Gasteiger partial charge in [-0.3, -0.25) is 0 Å². The monoisotopic (exact) mass is 410 g/mol. The summed E-state index contributed by atoms with van der Waals surface area (Å²) < 4.78 is 0. The summed E-state index contributed by atoms with van der Waals surface area (Å²) in [4.78, 5) is 36.2. The fourth-order valence-corrected chi connectivity index (χ4v) is 3.73. The Morgan fingerprint density at radius 1 is 0.533 bits per heavy atom. The van der Waals surface area contributed by atoms with Crippen molar-refractivity contribution in [2.45, 2.75) is 79.1 Å². The molecule has 0 aliphatic carbocycles. The van der Waals surface area contributed by atoms with Crippen LogP contribution in [0, 0.1) is 0 Å². The third kappa shape index (κ3) is 5.10. The summed E-state index contributed by atoms with van der Waals surface area (Å²) in [7, 11) is 0. The second-order valence-corrected chi connectivity index (χ2v) is 8.98. The third-order valence-electron chi connectivity index (χ3n) is 5.35. The van der Waals surface area contributed by atoms with E-state index >= 15 is 0 Å². The van der Waals surface area contributed by atoms with Gasteiger partial charge in [0.25, 0.3) is 0 Å². The van der Waals surface area contributed by atoms with Gasteiger partial charge in [0.1, 0.15) is 0 Å². The van der Waals surface area contributed by atoms with Gasteiger partial charge < -0.3 is 0 Å².